The van der Waals surface area contributed by atoms with Crippen molar-refractivity contribution in [3.63, 3.8) is 0 Å². The van der Waals surface area contributed by atoms with Gasteiger partial charge in [-0.05, 0) is 6.92 Å². The van der Waals surface area contributed by atoms with E-state index in [1.807, 2.05) is 0 Å². The largest absolute Gasteiger partial charge is 0.479 e. The summed E-state index contributed by atoms with van der Waals surface area (Å²) in [5, 5.41) is 27.4. The number of aliphatic hydroxyl groups excluding tert-OH is 2. The molecule has 4 atom stereocenters. The first-order valence-electron chi connectivity index (χ1n) is 4.42. The molecule has 0 bridgehead atoms. The highest BCUT2D eigenvalue weighted by atomic mass is 16.7. The van der Waals surface area contributed by atoms with E-state index in [1.165, 1.54) is 0 Å². The fourth-order valence-corrected chi connectivity index (χ4v) is 1.30. The Morgan fingerprint density at radius 1 is 1.57 bits per heavy atom. The second-order valence-electron chi connectivity index (χ2n) is 3.08. The van der Waals surface area contributed by atoms with Gasteiger partial charge in [0.2, 0.25) is 0 Å². The van der Waals surface area contributed by atoms with Gasteiger partial charge in [0.25, 0.3) is 0 Å². The maximum Gasteiger partial charge on any atom is 0.333 e. The molecular formula is C8H14O6. The number of carbonyl (C=O) groups is 1. The standard InChI is InChI=1S/C8H14O6/c1-2-13-8-6(10)4(9)3-5(14-8)7(11)12/h4-6,8-10H,2-3H2,1H3,(H,11,12)/t4-,5-,6+,8+/m1/s1. The Bertz CT molecular complexity index is 206. The first-order chi connectivity index (χ1) is 6.56. The highest BCUT2D eigenvalue weighted by Gasteiger charge is 2.40. The zero-order valence-corrected chi connectivity index (χ0v) is 7.79. The molecule has 0 saturated carbocycles. The van der Waals surface area contributed by atoms with Crippen molar-refractivity contribution in [2.75, 3.05) is 6.61 Å². The van der Waals surface area contributed by atoms with Gasteiger partial charge in [-0.1, -0.05) is 0 Å². The zero-order chi connectivity index (χ0) is 10.7. The molecule has 82 valence electrons. The highest BCUT2D eigenvalue weighted by Crippen LogP contribution is 2.21. The van der Waals surface area contributed by atoms with Crippen LogP contribution in [-0.4, -0.2) is 52.5 Å². The molecule has 0 spiro atoms. The van der Waals surface area contributed by atoms with Crippen molar-refractivity contribution in [3.05, 3.63) is 0 Å². The number of hydrogen-bond donors (Lipinski definition) is 3. The quantitative estimate of drug-likeness (QED) is 0.545. The van der Waals surface area contributed by atoms with Gasteiger partial charge < -0.3 is 24.8 Å². The number of aliphatic hydroxyl groups is 2. The molecule has 0 aromatic carbocycles. The van der Waals surface area contributed by atoms with Gasteiger partial charge in [-0.15, -0.1) is 0 Å². The molecule has 14 heavy (non-hydrogen) atoms. The van der Waals surface area contributed by atoms with Gasteiger partial charge in [-0.25, -0.2) is 4.79 Å². The molecule has 1 heterocycles. The van der Waals surface area contributed by atoms with Crippen LogP contribution in [0.25, 0.3) is 0 Å². The summed E-state index contributed by atoms with van der Waals surface area (Å²) < 4.78 is 9.89. The highest BCUT2D eigenvalue weighted by molar-refractivity contribution is 5.72. The molecule has 1 aliphatic rings. The minimum absolute atomic E-state index is 0.125. The van der Waals surface area contributed by atoms with Crippen molar-refractivity contribution in [3.8, 4) is 0 Å². The van der Waals surface area contributed by atoms with Gasteiger partial charge in [0, 0.05) is 13.0 Å². The average molecular weight is 206 g/mol. The van der Waals surface area contributed by atoms with E-state index in [2.05, 4.69) is 0 Å². The number of aliphatic carboxylic acids is 1. The van der Waals surface area contributed by atoms with E-state index in [4.69, 9.17) is 14.6 Å². The maximum atomic E-state index is 10.6. The summed E-state index contributed by atoms with van der Waals surface area (Å²) in [5.41, 5.74) is 0. The first kappa shape index (κ1) is 11.4. The summed E-state index contributed by atoms with van der Waals surface area (Å²) >= 11 is 0. The van der Waals surface area contributed by atoms with Gasteiger partial charge in [0.05, 0.1) is 6.10 Å². The van der Waals surface area contributed by atoms with Crippen LogP contribution in [0.5, 0.6) is 0 Å². The molecule has 6 nitrogen and oxygen atoms in total. The van der Waals surface area contributed by atoms with Gasteiger partial charge in [0.15, 0.2) is 12.4 Å². The van der Waals surface area contributed by atoms with Crippen LogP contribution < -0.4 is 0 Å². The number of carboxylic acids is 1. The Hall–Kier alpha value is -0.690. The van der Waals surface area contributed by atoms with Crippen LogP contribution in [0.15, 0.2) is 0 Å². The minimum Gasteiger partial charge on any atom is -0.479 e. The Morgan fingerprint density at radius 2 is 2.21 bits per heavy atom. The number of carboxylic acid groups (broad SMARTS) is 1. The zero-order valence-electron chi connectivity index (χ0n) is 7.79. The van der Waals surface area contributed by atoms with Gasteiger partial charge in [-0.2, -0.15) is 0 Å². The number of hydrogen-bond acceptors (Lipinski definition) is 5. The molecule has 0 radical (unpaired) electrons. The smallest absolute Gasteiger partial charge is 0.333 e. The molecular weight excluding hydrogens is 192 g/mol. The van der Waals surface area contributed by atoms with Crippen LogP contribution in [0.4, 0.5) is 0 Å². The second-order valence-corrected chi connectivity index (χ2v) is 3.08. The molecule has 0 aliphatic carbocycles. The van der Waals surface area contributed by atoms with Crippen LogP contribution in [0.1, 0.15) is 13.3 Å². The van der Waals surface area contributed by atoms with Crippen molar-refractivity contribution in [2.24, 2.45) is 0 Å². The van der Waals surface area contributed by atoms with Gasteiger partial charge in [-0.3, -0.25) is 0 Å². The van der Waals surface area contributed by atoms with E-state index in [1.54, 1.807) is 6.92 Å². The van der Waals surface area contributed by atoms with E-state index in [9.17, 15) is 15.0 Å². The lowest BCUT2D eigenvalue weighted by molar-refractivity contribution is -0.264. The van der Waals surface area contributed by atoms with Crippen molar-refractivity contribution < 1.29 is 29.6 Å². The Labute approximate surface area is 81.1 Å². The Morgan fingerprint density at radius 3 is 2.71 bits per heavy atom. The summed E-state index contributed by atoms with van der Waals surface area (Å²) in [6.07, 6.45) is -4.62. The molecule has 1 fully saturated rings. The van der Waals surface area contributed by atoms with E-state index >= 15 is 0 Å². The third-order valence-corrected chi connectivity index (χ3v) is 2.03. The molecule has 3 N–H and O–H groups in total. The van der Waals surface area contributed by atoms with E-state index in [-0.39, 0.29) is 13.0 Å². The average Bonchev–Trinajstić information content (AvgIpc) is 2.12. The van der Waals surface area contributed by atoms with Crippen molar-refractivity contribution in [1.29, 1.82) is 0 Å². The Balaban J connectivity index is 2.61. The lowest BCUT2D eigenvalue weighted by Crippen LogP contribution is -2.51. The van der Waals surface area contributed by atoms with Crippen LogP contribution in [0, 0.1) is 0 Å². The molecule has 1 rings (SSSR count). The molecule has 0 aromatic rings. The predicted octanol–water partition coefficient (Wildman–Crippen LogP) is -1.06. The monoisotopic (exact) mass is 206 g/mol. The van der Waals surface area contributed by atoms with Gasteiger partial charge >= 0.3 is 5.97 Å². The second kappa shape index (κ2) is 4.70. The van der Waals surface area contributed by atoms with Crippen molar-refractivity contribution in [1.82, 2.24) is 0 Å². The fraction of sp³-hybridized carbons (Fsp3) is 0.875. The number of rotatable bonds is 3. The number of ether oxygens (including phenoxy) is 2. The fourth-order valence-electron chi connectivity index (χ4n) is 1.30. The maximum absolute atomic E-state index is 10.6. The van der Waals surface area contributed by atoms with Crippen molar-refractivity contribution >= 4 is 5.97 Å². The lowest BCUT2D eigenvalue weighted by atomic mass is 10.0. The molecule has 1 aliphatic heterocycles. The SMILES string of the molecule is CCO[C@H]1O[C@@H](C(=O)O)C[C@@H](O)[C@@H]1O. The normalized spacial score (nSPS) is 38.2. The van der Waals surface area contributed by atoms with Crippen LogP contribution in [-0.2, 0) is 14.3 Å². The Kier molecular flexibility index (Phi) is 3.82. The summed E-state index contributed by atoms with van der Waals surface area (Å²) in [5.74, 6) is -1.17. The summed E-state index contributed by atoms with van der Waals surface area (Å²) in [6, 6.07) is 0. The topological polar surface area (TPSA) is 96.2 Å². The van der Waals surface area contributed by atoms with E-state index < -0.39 is 30.6 Å². The molecule has 0 amide bonds. The van der Waals surface area contributed by atoms with Crippen LogP contribution >= 0.6 is 0 Å². The third kappa shape index (κ3) is 2.42. The summed E-state index contributed by atoms with van der Waals surface area (Å²) in [7, 11) is 0. The third-order valence-electron chi connectivity index (χ3n) is 2.03. The summed E-state index contributed by atoms with van der Waals surface area (Å²) in [4.78, 5) is 10.6. The lowest BCUT2D eigenvalue weighted by Gasteiger charge is -2.34. The van der Waals surface area contributed by atoms with Gasteiger partial charge in [0.1, 0.15) is 6.10 Å². The predicted molar refractivity (Wildman–Crippen MR) is 44.6 cm³/mol. The molecule has 1 saturated heterocycles. The molecule has 0 aromatic heterocycles. The molecule has 6 heteroatoms. The summed E-state index contributed by atoms with van der Waals surface area (Å²) in [6.45, 7) is 1.97. The minimum atomic E-state index is -1.19. The first-order valence-corrected chi connectivity index (χ1v) is 4.42. The van der Waals surface area contributed by atoms with Crippen molar-refractivity contribution in [2.45, 2.75) is 37.9 Å². The van der Waals surface area contributed by atoms with E-state index in [0.717, 1.165) is 0 Å². The van der Waals surface area contributed by atoms with Crippen LogP contribution in [0.2, 0.25) is 0 Å². The van der Waals surface area contributed by atoms with Crippen LogP contribution in [0.3, 0.4) is 0 Å². The van der Waals surface area contributed by atoms with E-state index in [0.29, 0.717) is 0 Å². The molecule has 0 unspecified atom stereocenters.